The van der Waals surface area contributed by atoms with Crippen molar-refractivity contribution in [3.05, 3.63) is 71.8 Å². The van der Waals surface area contributed by atoms with Crippen molar-refractivity contribution < 1.29 is 14.7 Å². The minimum atomic E-state index is -1.19. The molecule has 1 saturated heterocycles. The van der Waals surface area contributed by atoms with Gasteiger partial charge in [0.2, 0.25) is 0 Å². The average Bonchev–Trinajstić information content (AvgIpc) is 2.65. The first-order valence-electron chi connectivity index (χ1n) is 8.46. The topological polar surface area (TPSA) is 69.6 Å². The molecule has 2 aromatic carbocycles. The molecule has 3 rings (SSSR count). The molecule has 5 heteroatoms. The van der Waals surface area contributed by atoms with Crippen LogP contribution in [0.2, 0.25) is 0 Å². The van der Waals surface area contributed by atoms with Crippen LogP contribution in [-0.2, 0) is 11.3 Å². The summed E-state index contributed by atoms with van der Waals surface area (Å²) in [5, 5.41) is 12.5. The van der Waals surface area contributed by atoms with Crippen LogP contribution in [0.3, 0.4) is 0 Å². The van der Waals surface area contributed by atoms with Crippen LogP contribution in [0.4, 0.5) is 0 Å². The van der Waals surface area contributed by atoms with E-state index in [4.69, 9.17) is 0 Å². The Morgan fingerprint density at radius 1 is 0.960 bits per heavy atom. The van der Waals surface area contributed by atoms with Gasteiger partial charge in [0.05, 0.1) is 0 Å². The van der Waals surface area contributed by atoms with Gasteiger partial charge in [-0.05, 0) is 30.5 Å². The number of benzene rings is 2. The Bertz CT molecular complexity index is 723. The minimum absolute atomic E-state index is 0.334. The second-order valence-corrected chi connectivity index (χ2v) is 6.47. The van der Waals surface area contributed by atoms with Crippen LogP contribution >= 0.6 is 0 Å². The normalized spacial score (nSPS) is 17.0. The van der Waals surface area contributed by atoms with E-state index in [1.54, 1.807) is 24.3 Å². The van der Waals surface area contributed by atoms with Gasteiger partial charge in [-0.3, -0.25) is 9.69 Å². The lowest BCUT2D eigenvalue weighted by molar-refractivity contribution is -0.146. The molecule has 1 heterocycles. The lowest BCUT2D eigenvalue weighted by atomic mass is 9.87. The Hall–Kier alpha value is -2.66. The molecule has 1 amide bonds. The van der Waals surface area contributed by atoms with Gasteiger partial charge in [0.15, 0.2) is 0 Å². The van der Waals surface area contributed by atoms with Crippen molar-refractivity contribution in [3.63, 3.8) is 0 Å². The van der Waals surface area contributed by atoms with Gasteiger partial charge in [0.1, 0.15) is 5.54 Å². The Morgan fingerprint density at radius 2 is 1.52 bits per heavy atom. The standard InChI is InChI=1S/C20H22N2O3/c23-18(17-9-5-2-6-10-17)21-20(19(24)25)11-13-22(14-12-20)15-16-7-3-1-4-8-16/h1-10H,11-15H2,(H,21,23)(H,24,25). The number of carbonyl (C=O) groups is 2. The lowest BCUT2D eigenvalue weighted by Crippen LogP contribution is -2.59. The molecule has 0 unspecified atom stereocenters. The Balaban J connectivity index is 1.65. The number of nitrogens with zero attached hydrogens (tertiary/aromatic N) is 1. The van der Waals surface area contributed by atoms with E-state index in [0.29, 0.717) is 31.5 Å². The summed E-state index contributed by atoms with van der Waals surface area (Å²) in [5.74, 6) is -1.30. The van der Waals surface area contributed by atoms with Gasteiger partial charge in [-0.2, -0.15) is 0 Å². The lowest BCUT2D eigenvalue weighted by Gasteiger charge is -2.39. The first-order chi connectivity index (χ1) is 12.1. The zero-order chi connectivity index (χ0) is 17.7. The van der Waals surface area contributed by atoms with E-state index in [-0.39, 0.29) is 5.91 Å². The highest BCUT2D eigenvalue weighted by atomic mass is 16.4. The number of carbonyl (C=O) groups excluding carboxylic acids is 1. The molecule has 25 heavy (non-hydrogen) atoms. The highest BCUT2D eigenvalue weighted by molar-refractivity contribution is 5.97. The molecule has 0 atom stereocenters. The van der Waals surface area contributed by atoms with Gasteiger partial charge in [-0.1, -0.05) is 48.5 Å². The Kier molecular flexibility index (Phi) is 5.14. The molecular weight excluding hydrogens is 316 g/mol. The molecule has 1 aliphatic rings. The number of amides is 1. The van der Waals surface area contributed by atoms with E-state index < -0.39 is 11.5 Å². The van der Waals surface area contributed by atoms with Crippen LogP contribution in [0.1, 0.15) is 28.8 Å². The van der Waals surface area contributed by atoms with Crippen molar-refractivity contribution in [2.24, 2.45) is 0 Å². The van der Waals surface area contributed by atoms with Crippen molar-refractivity contribution in [2.45, 2.75) is 24.9 Å². The van der Waals surface area contributed by atoms with E-state index in [1.165, 1.54) is 5.56 Å². The van der Waals surface area contributed by atoms with E-state index in [2.05, 4.69) is 22.3 Å². The van der Waals surface area contributed by atoms with Crippen LogP contribution < -0.4 is 5.32 Å². The monoisotopic (exact) mass is 338 g/mol. The number of nitrogens with one attached hydrogen (secondary N) is 1. The van der Waals surface area contributed by atoms with E-state index in [1.807, 2.05) is 24.3 Å². The van der Waals surface area contributed by atoms with Crippen molar-refractivity contribution in [1.29, 1.82) is 0 Å². The van der Waals surface area contributed by atoms with Crippen LogP contribution in [0, 0.1) is 0 Å². The minimum Gasteiger partial charge on any atom is -0.480 e. The molecule has 1 aliphatic heterocycles. The highest BCUT2D eigenvalue weighted by Crippen LogP contribution is 2.24. The summed E-state index contributed by atoms with van der Waals surface area (Å²) in [6.45, 7) is 2.07. The average molecular weight is 338 g/mol. The van der Waals surface area contributed by atoms with Crippen LogP contribution in [-0.4, -0.2) is 40.5 Å². The number of aliphatic carboxylic acids is 1. The van der Waals surface area contributed by atoms with Crippen LogP contribution in [0.15, 0.2) is 60.7 Å². The number of rotatable bonds is 5. The summed E-state index contributed by atoms with van der Waals surface area (Å²) in [6.07, 6.45) is 0.793. The summed E-state index contributed by atoms with van der Waals surface area (Å²) < 4.78 is 0. The van der Waals surface area contributed by atoms with Crippen LogP contribution in [0.5, 0.6) is 0 Å². The number of hydrogen-bond donors (Lipinski definition) is 2. The summed E-state index contributed by atoms with van der Waals surface area (Å²) in [5.41, 5.74) is 0.494. The maximum absolute atomic E-state index is 12.4. The molecule has 0 saturated carbocycles. The third kappa shape index (κ3) is 4.06. The van der Waals surface area contributed by atoms with Gasteiger partial charge in [0, 0.05) is 25.2 Å². The second kappa shape index (κ2) is 7.49. The van der Waals surface area contributed by atoms with Gasteiger partial charge in [0.25, 0.3) is 5.91 Å². The third-order valence-corrected chi connectivity index (χ3v) is 4.76. The number of piperidine rings is 1. The van der Waals surface area contributed by atoms with Gasteiger partial charge >= 0.3 is 5.97 Å². The fourth-order valence-electron chi connectivity index (χ4n) is 3.21. The number of hydrogen-bond acceptors (Lipinski definition) is 3. The maximum Gasteiger partial charge on any atom is 0.329 e. The molecule has 5 nitrogen and oxygen atoms in total. The molecule has 0 radical (unpaired) electrons. The first-order valence-corrected chi connectivity index (χ1v) is 8.46. The zero-order valence-electron chi connectivity index (χ0n) is 14.0. The van der Waals surface area contributed by atoms with Crippen molar-refractivity contribution in [3.8, 4) is 0 Å². The fourth-order valence-corrected chi connectivity index (χ4v) is 3.21. The number of carboxylic acids is 1. The van der Waals surface area contributed by atoms with E-state index >= 15 is 0 Å². The SMILES string of the molecule is O=C(NC1(C(=O)O)CCN(Cc2ccccc2)CC1)c1ccccc1. The van der Waals surface area contributed by atoms with Gasteiger partial charge < -0.3 is 10.4 Å². The maximum atomic E-state index is 12.4. The Morgan fingerprint density at radius 3 is 2.08 bits per heavy atom. The van der Waals surface area contributed by atoms with Gasteiger partial charge in [-0.25, -0.2) is 4.79 Å². The third-order valence-electron chi connectivity index (χ3n) is 4.76. The quantitative estimate of drug-likeness (QED) is 0.879. The van der Waals surface area contributed by atoms with Crippen LogP contribution in [0.25, 0.3) is 0 Å². The predicted octanol–water partition coefficient (Wildman–Crippen LogP) is 2.54. The first kappa shape index (κ1) is 17.2. The zero-order valence-corrected chi connectivity index (χ0v) is 14.0. The molecule has 2 aromatic rings. The number of carboxylic acid groups (broad SMARTS) is 1. The molecule has 0 bridgehead atoms. The molecule has 130 valence electrons. The van der Waals surface area contributed by atoms with Crippen molar-refractivity contribution >= 4 is 11.9 Å². The van der Waals surface area contributed by atoms with Crippen molar-refractivity contribution in [2.75, 3.05) is 13.1 Å². The van der Waals surface area contributed by atoms with E-state index in [0.717, 1.165) is 6.54 Å². The summed E-state index contributed by atoms with van der Waals surface area (Å²) in [6, 6.07) is 18.9. The molecular formula is C20H22N2O3. The summed E-state index contributed by atoms with van der Waals surface area (Å²) in [7, 11) is 0. The smallest absolute Gasteiger partial charge is 0.329 e. The molecule has 1 fully saturated rings. The molecule has 0 spiro atoms. The Labute approximate surface area is 147 Å². The number of likely N-dealkylation sites (tertiary alicyclic amines) is 1. The van der Waals surface area contributed by atoms with Gasteiger partial charge in [-0.15, -0.1) is 0 Å². The summed E-state index contributed by atoms with van der Waals surface area (Å²) >= 11 is 0. The highest BCUT2D eigenvalue weighted by Gasteiger charge is 2.42. The van der Waals surface area contributed by atoms with E-state index in [9.17, 15) is 14.7 Å². The second-order valence-electron chi connectivity index (χ2n) is 6.47. The molecule has 2 N–H and O–H groups in total. The summed E-state index contributed by atoms with van der Waals surface area (Å²) in [4.78, 5) is 26.5. The predicted molar refractivity (Wildman–Crippen MR) is 95.2 cm³/mol. The molecule has 0 aromatic heterocycles. The largest absolute Gasteiger partial charge is 0.480 e. The van der Waals surface area contributed by atoms with Crippen molar-refractivity contribution in [1.82, 2.24) is 10.2 Å². The fraction of sp³-hybridized carbons (Fsp3) is 0.300. The molecule has 0 aliphatic carbocycles.